The first-order valence-corrected chi connectivity index (χ1v) is 16.1. The van der Waals surface area contributed by atoms with Crippen molar-refractivity contribution < 1.29 is 81.1 Å². The van der Waals surface area contributed by atoms with E-state index in [1.807, 2.05) is 0 Å². The van der Waals surface area contributed by atoms with Gasteiger partial charge in [0.15, 0.2) is 12.3 Å². The minimum absolute atomic E-state index is 0.125. The van der Waals surface area contributed by atoms with Crippen LogP contribution < -0.4 is 16.0 Å². The Balaban J connectivity index is 1.66. The standard InChI is InChI=1S/C34H28F16N4O2/c1-16(55-33(47,48)31(43,44)26(35)14-29(37,38)39)24-13-28(17(2)56-34(49,50)32(45,46)27(36)15-30(40,41)42)12-23-8-7-21(53-23)10-19-4-3-18(51-19)9-20-5-6-22(52-20)11-25(24)54-28/h3-12,16-17,26-27,51,54H,13-15H2,1-2H3/b18-9-,19-10-,22-11-,23-12-/i13D. The summed E-state index contributed by atoms with van der Waals surface area (Å²) in [4.78, 5) is 11.5. The molecule has 0 aromatic carbocycles. The molecule has 1 aromatic rings. The zero-order valence-corrected chi connectivity index (χ0v) is 28.3. The number of nitrogens with one attached hydrogen (secondary N) is 2. The Kier molecular flexibility index (Phi) is 10.7. The van der Waals surface area contributed by atoms with Crippen LogP contribution in [0.1, 0.15) is 34.5 Å². The summed E-state index contributed by atoms with van der Waals surface area (Å²) in [5.74, 6) is -12.4. The molecule has 5 heterocycles. The van der Waals surface area contributed by atoms with E-state index in [1.54, 1.807) is 12.1 Å². The Morgan fingerprint density at radius 3 is 1.66 bits per heavy atom. The maximum atomic E-state index is 15.2. The van der Waals surface area contributed by atoms with Crippen molar-refractivity contribution in [3.05, 3.63) is 82.0 Å². The number of alkyl halides is 16. The van der Waals surface area contributed by atoms with E-state index in [9.17, 15) is 61.5 Å². The Morgan fingerprint density at radius 1 is 0.696 bits per heavy atom. The third-order valence-electron chi connectivity index (χ3n) is 8.58. The van der Waals surface area contributed by atoms with Gasteiger partial charge in [-0.3, -0.25) is 0 Å². The lowest BCUT2D eigenvalue weighted by Crippen LogP contribution is -2.57. The topological polar surface area (TPSA) is 71.0 Å². The van der Waals surface area contributed by atoms with Crippen LogP contribution in [-0.2, 0) is 9.47 Å². The molecule has 4 aliphatic rings. The second-order valence-electron chi connectivity index (χ2n) is 13.0. The molecule has 0 radical (unpaired) electrons. The Morgan fingerprint density at radius 2 is 1.16 bits per heavy atom. The molecule has 8 bridgehead atoms. The van der Waals surface area contributed by atoms with Gasteiger partial charge in [0.2, 0.25) is 0 Å². The van der Waals surface area contributed by atoms with Gasteiger partial charge in [-0.05, 0) is 80.2 Å². The quantitative estimate of drug-likeness (QED) is 0.209. The summed E-state index contributed by atoms with van der Waals surface area (Å²) in [5, 5.41) is 3.39. The van der Waals surface area contributed by atoms with Gasteiger partial charge in [0, 0.05) is 24.2 Å². The zero-order chi connectivity index (χ0) is 42.7. The number of aromatic amines is 1. The third kappa shape index (κ3) is 9.10. The number of aromatic nitrogens is 1. The molecule has 0 spiro atoms. The van der Waals surface area contributed by atoms with Gasteiger partial charge in [-0.25, -0.2) is 18.8 Å². The highest BCUT2D eigenvalue weighted by molar-refractivity contribution is 6.20. The van der Waals surface area contributed by atoms with Gasteiger partial charge in [-0.15, -0.1) is 0 Å². The molecule has 308 valence electrons. The zero-order valence-electron chi connectivity index (χ0n) is 29.3. The summed E-state index contributed by atoms with van der Waals surface area (Å²) < 4.78 is 241. The highest BCUT2D eigenvalue weighted by Crippen LogP contribution is 2.48. The fourth-order valence-corrected chi connectivity index (χ4v) is 5.76. The van der Waals surface area contributed by atoms with Gasteiger partial charge in [0.05, 0.1) is 53.4 Å². The highest BCUT2D eigenvalue weighted by Gasteiger charge is 2.68. The molecule has 56 heavy (non-hydrogen) atoms. The molecule has 6 nitrogen and oxygen atoms in total. The first kappa shape index (κ1) is 41.3. The summed E-state index contributed by atoms with van der Waals surface area (Å²) in [6.07, 6.45) is -36.7. The Labute approximate surface area is 306 Å². The molecule has 0 fully saturated rings. The lowest BCUT2D eigenvalue weighted by molar-refractivity contribution is -0.381. The first-order valence-electron chi connectivity index (χ1n) is 16.6. The number of fused-ring (bicyclic) bond motifs is 6. The van der Waals surface area contributed by atoms with Gasteiger partial charge in [-0.1, -0.05) is 0 Å². The van der Waals surface area contributed by atoms with E-state index in [1.165, 1.54) is 36.5 Å². The Bertz CT molecular complexity index is 2080. The molecule has 0 amide bonds. The summed E-state index contributed by atoms with van der Waals surface area (Å²) >= 11 is 0. The maximum absolute atomic E-state index is 15.2. The SMILES string of the molecule is [2H]C1C(C(C)OC(F)(F)C(F)(F)C(F)CC(F)(F)F)=C2/C=C3/C=CC(=N3)/C=c3/cc/c([nH]3)=C/C3=NC(=C\C1(C(C)OC(F)(F)C(F)(F)C(F)CC(F)(F)F)N2)/C=C3. The smallest absolute Gasteiger partial charge is 0.373 e. The first-order chi connectivity index (χ1) is 26.0. The normalized spacial score (nSPS) is 27.4. The van der Waals surface area contributed by atoms with Crippen molar-refractivity contribution in [2.24, 2.45) is 9.98 Å². The van der Waals surface area contributed by atoms with Gasteiger partial charge < -0.3 is 19.8 Å². The van der Waals surface area contributed by atoms with Crippen LogP contribution in [0.5, 0.6) is 0 Å². The lowest BCUT2D eigenvalue weighted by Gasteiger charge is -2.39. The average molecular weight is 830 g/mol. The molecule has 4 aliphatic heterocycles. The molecule has 0 saturated heterocycles. The molecular weight excluding hydrogens is 800 g/mol. The predicted octanol–water partition coefficient (Wildman–Crippen LogP) is 8.21. The van der Waals surface area contributed by atoms with Crippen LogP contribution in [0.25, 0.3) is 12.2 Å². The third-order valence-corrected chi connectivity index (χ3v) is 8.58. The van der Waals surface area contributed by atoms with E-state index in [4.69, 9.17) is 1.37 Å². The molecule has 0 saturated carbocycles. The average Bonchev–Trinajstić information content (AvgIpc) is 3.84. The number of ether oxygens (including phenoxy) is 2. The summed E-state index contributed by atoms with van der Waals surface area (Å²) in [6, 6.07) is 3.24. The van der Waals surface area contributed by atoms with Gasteiger partial charge in [-0.2, -0.15) is 61.5 Å². The fraction of sp³-hybridized carbons (Fsp3) is 0.471. The summed E-state index contributed by atoms with van der Waals surface area (Å²) in [6.45, 7) is 1.09. The maximum Gasteiger partial charge on any atom is 0.423 e. The van der Waals surface area contributed by atoms with E-state index >= 15 is 8.78 Å². The number of hydrogen-bond acceptors (Lipinski definition) is 5. The molecule has 6 atom stereocenters. The number of allylic oxidation sites excluding steroid dienone is 5. The summed E-state index contributed by atoms with van der Waals surface area (Å²) in [5.41, 5.74) is -4.46. The van der Waals surface area contributed by atoms with Crippen molar-refractivity contribution in [3.8, 4) is 0 Å². The molecule has 5 rings (SSSR count). The highest BCUT2D eigenvalue weighted by atomic mass is 19.4. The monoisotopic (exact) mass is 829 g/mol. The molecule has 0 aliphatic carbocycles. The minimum Gasteiger partial charge on any atom is -0.373 e. The number of rotatable bonds is 12. The minimum atomic E-state index is -6.20. The van der Waals surface area contributed by atoms with Gasteiger partial charge >= 0.3 is 36.4 Å². The van der Waals surface area contributed by atoms with E-state index in [0.29, 0.717) is 24.5 Å². The van der Waals surface area contributed by atoms with Crippen molar-refractivity contribution in [1.29, 1.82) is 0 Å². The molecule has 6 unspecified atom stereocenters. The number of H-pyrrole nitrogens is 1. The van der Waals surface area contributed by atoms with Crippen LogP contribution in [0.3, 0.4) is 0 Å². The lowest BCUT2D eigenvalue weighted by atomic mass is 9.86. The number of nitrogens with zero attached hydrogens (tertiary/aromatic N) is 2. The molecule has 2 N–H and O–H groups in total. The number of aliphatic imine (C=N–C) groups is 2. The van der Waals surface area contributed by atoms with Crippen LogP contribution in [-0.4, -0.2) is 82.9 Å². The Hall–Kier alpha value is -4.34. The van der Waals surface area contributed by atoms with Crippen LogP contribution in [0.2, 0.25) is 0 Å². The largest absolute Gasteiger partial charge is 0.423 e. The van der Waals surface area contributed by atoms with Crippen molar-refractivity contribution in [1.82, 2.24) is 10.3 Å². The van der Waals surface area contributed by atoms with Crippen LogP contribution in [0.15, 0.2) is 81.2 Å². The van der Waals surface area contributed by atoms with Crippen LogP contribution in [0.4, 0.5) is 70.2 Å². The van der Waals surface area contributed by atoms with E-state index in [-0.39, 0.29) is 22.8 Å². The predicted molar refractivity (Wildman–Crippen MR) is 168 cm³/mol. The van der Waals surface area contributed by atoms with Crippen molar-refractivity contribution in [2.75, 3.05) is 0 Å². The molecule has 1 aromatic heterocycles. The van der Waals surface area contributed by atoms with Crippen LogP contribution >= 0.6 is 0 Å². The van der Waals surface area contributed by atoms with Crippen molar-refractivity contribution in [3.63, 3.8) is 0 Å². The van der Waals surface area contributed by atoms with Gasteiger partial charge in [0.1, 0.15) is 0 Å². The van der Waals surface area contributed by atoms with Gasteiger partial charge in [0.25, 0.3) is 0 Å². The van der Waals surface area contributed by atoms with E-state index in [0.717, 1.165) is 12.2 Å². The van der Waals surface area contributed by atoms with Crippen LogP contribution in [0, 0.1) is 0 Å². The number of halogens is 16. The summed E-state index contributed by atoms with van der Waals surface area (Å²) in [7, 11) is 0. The van der Waals surface area contributed by atoms with Crippen molar-refractivity contribution in [2.45, 2.75) is 99.6 Å². The van der Waals surface area contributed by atoms with E-state index < -0.39 is 97.0 Å². The fourth-order valence-electron chi connectivity index (χ4n) is 5.76. The van der Waals surface area contributed by atoms with Crippen molar-refractivity contribution >= 4 is 23.6 Å². The second kappa shape index (κ2) is 14.6. The number of hydrogen-bond donors (Lipinski definition) is 2. The molecular formula is C34H28F16N4O2. The second-order valence-corrected chi connectivity index (χ2v) is 13.0. The molecule has 22 heteroatoms. The van der Waals surface area contributed by atoms with E-state index in [2.05, 4.69) is 29.8 Å².